The monoisotopic (exact) mass is 197 g/mol. The molecule has 0 amide bonds. The van der Waals surface area contributed by atoms with E-state index in [1.165, 1.54) is 13.0 Å². The average molecular weight is 197 g/mol. The molecule has 0 saturated heterocycles. The lowest BCUT2D eigenvalue weighted by Gasteiger charge is -1.94. The zero-order valence-electron chi connectivity index (χ0n) is 7.56. The van der Waals surface area contributed by atoms with Crippen molar-refractivity contribution in [1.29, 1.82) is 5.26 Å². The van der Waals surface area contributed by atoms with Gasteiger partial charge in [0.05, 0.1) is 6.07 Å². The molecule has 70 valence electrons. The van der Waals surface area contributed by atoms with Gasteiger partial charge < -0.3 is 0 Å². The second-order valence-electron chi connectivity index (χ2n) is 2.28. The molecule has 0 heterocycles. The van der Waals surface area contributed by atoms with Gasteiger partial charge in [-0.05, 0) is 19.9 Å². The van der Waals surface area contributed by atoms with Crippen LogP contribution in [0, 0.1) is 11.3 Å². The first-order valence-electron chi connectivity index (χ1n) is 3.65. The van der Waals surface area contributed by atoms with E-state index in [0.717, 1.165) is 11.5 Å². The summed E-state index contributed by atoms with van der Waals surface area (Å²) in [4.78, 5) is 0.220. The van der Waals surface area contributed by atoms with Crippen LogP contribution in [-0.2, 0) is 9.84 Å². The van der Waals surface area contributed by atoms with Crippen LogP contribution in [0.25, 0.3) is 0 Å². The van der Waals surface area contributed by atoms with E-state index in [1.54, 1.807) is 25.1 Å². The molecule has 0 radical (unpaired) electrons. The molecule has 0 aliphatic rings. The predicted molar refractivity (Wildman–Crippen MR) is 52.2 cm³/mol. The molecule has 0 bridgehead atoms. The largest absolute Gasteiger partial charge is 0.219 e. The molecule has 0 saturated carbocycles. The number of allylic oxidation sites excluding steroid dienone is 5. The summed E-state index contributed by atoms with van der Waals surface area (Å²) >= 11 is 0. The van der Waals surface area contributed by atoms with Gasteiger partial charge in [-0.15, -0.1) is 0 Å². The van der Waals surface area contributed by atoms with Crippen molar-refractivity contribution in [3.05, 3.63) is 34.6 Å². The van der Waals surface area contributed by atoms with Crippen LogP contribution in [0.5, 0.6) is 0 Å². The molecule has 0 fully saturated rings. The van der Waals surface area contributed by atoms with E-state index >= 15 is 0 Å². The topological polar surface area (TPSA) is 57.9 Å². The van der Waals surface area contributed by atoms with Gasteiger partial charge in [-0.2, -0.15) is 5.26 Å². The predicted octanol–water partition coefficient (Wildman–Crippen LogP) is 1.92. The third-order valence-corrected chi connectivity index (χ3v) is 2.82. The van der Waals surface area contributed by atoms with Crippen LogP contribution in [0.4, 0.5) is 0 Å². The van der Waals surface area contributed by atoms with Crippen molar-refractivity contribution in [3.8, 4) is 6.07 Å². The first-order valence-corrected chi connectivity index (χ1v) is 5.20. The Morgan fingerprint density at radius 3 is 2.54 bits per heavy atom. The Morgan fingerprint density at radius 1 is 1.46 bits per heavy atom. The van der Waals surface area contributed by atoms with Crippen LogP contribution in [0.15, 0.2) is 34.6 Å². The van der Waals surface area contributed by atoms with Gasteiger partial charge in [0.25, 0.3) is 0 Å². The molecule has 0 aromatic carbocycles. The van der Waals surface area contributed by atoms with E-state index in [9.17, 15) is 8.42 Å². The van der Waals surface area contributed by atoms with Crippen LogP contribution in [-0.4, -0.2) is 8.42 Å². The van der Waals surface area contributed by atoms with Crippen LogP contribution < -0.4 is 0 Å². The van der Waals surface area contributed by atoms with E-state index in [0.29, 0.717) is 0 Å². The molecule has 0 rings (SSSR count). The smallest absolute Gasteiger partial charge is 0.196 e. The Kier molecular flexibility index (Phi) is 4.78. The van der Waals surface area contributed by atoms with Gasteiger partial charge in [-0.3, -0.25) is 0 Å². The van der Waals surface area contributed by atoms with Gasteiger partial charge >= 0.3 is 0 Å². The van der Waals surface area contributed by atoms with Crippen LogP contribution >= 0.6 is 0 Å². The third kappa shape index (κ3) is 4.28. The fourth-order valence-corrected chi connectivity index (χ4v) is 1.28. The van der Waals surface area contributed by atoms with Crippen molar-refractivity contribution >= 4 is 9.84 Å². The SMILES string of the molecule is CC=CC=C(C)S(=O)(=O)C=CC#N. The van der Waals surface area contributed by atoms with E-state index < -0.39 is 9.84 Å². The molecular weight excluding hydrogens is 186 g/mol. The lowest BCUT2D eigenvalue weighted by molar-refractivity contribution is 0.610. The maximum Gasteiger partial charge on any atom is 0.196 e. The average Bonchev–Trinajstić information content (AvgIpc) is 2.10. The number of nitriles is 1. The summed E-state index contributed by atoms with van der Waals surface area (Å²) in [5.41, 5.74) is 0. The minimum atomic E-state index is -3.39. The molecule has 3 nitrogen and oxygen atoms in total. The number of nitrogens with zero attached hydrogens (tertiary/aromatic N) is 1. The van der Waals surface area contributed by atoms with Crippen molar-refractivity contribution in [1.82, 2.24) is 0 Å². The summed E-state index contributed by atoms with van der Waals surface area (Å²) in [5.74, 6) is 0. The summed E-state index contributed by atoms with van der Waals surface area (Å²) in [6.07, 6.45) is 5.79. The Labute approximate surface area is 78.6 Å². The third-order valence-electron chi connectivity index (χ3n) is 1.29. The molecule has 4 heteroatoms. The second-order valence-corrected chi connectivity index (χ2v) is 4.29. The van der Waals surface area contributed by atoms with Crippen molar-refractivity contribution in [2.45, 2.75) is 13.8 Å². The molecule has 0 aliphatic carbocycles. The van der Waals surface area contributed by atoms with E-state index in [2.05, 4.69) is 0 Å². The normalized spacial score (nSPS) is 13.8. The molecule has 13 heavy (non-hydrogen) atoms. The molecule has 0 aliphatic heterocycles. The van der Waals surface area contributed by atoms with Gasteiger partial charge in [0.1, 0.15) is 0 Å². The molecular formula is C9H11NO2S. The molecule has 0 atom stereocenters. The van der Waals surface area contributed by atoms with Gasteiger partial charge in [0.2, 0.25) is 0 Å². The van der Waals surface area contributed by atoms with Crippen LogP contribution in [0.3, 0.4) is 0 Å². The Hall–Kier alpha value is -1.34. The van der Waals surface area contributed by atoms with Gasteiger partial charge in [0, 0.05) is 16.4 Å². The highest BCUT2D eigenvalue weighted by atomic mass is 32.2. The number of hydrogen-bond acceptors (Lipinski definition) is 3. The minimum absolute atomic E-state index is 0.220. The van der Waals surface area contributed by atoms with Crippen molar-refractivity contribution < 1.29 is 8.42 Å². The lowest BCUT2D eigenvalue weighted by Crippen LogP contribution is -1.95. The van der Waals surface area contributed by atoms with Crippen LogP contribution in [0.1, 0.15) is 13.8 Å². The summed E-state index contributed by atoms with van der Waals surface area (Å²) in [6.45, 7) is 3.28. The zero-order chi connectivity index (χ0) is 10.3. The van der Waals surface area contributed by atoms with Crippen molar-refractivity contribution in [2.75, 3.05) is 0 Å². The van der Waals surface area contributed by atoms with Gasteiger partial charge in [-0.1, -0.05) is 12.2 Å². The quantitative estimate of drug-likeness (QED) is 0.513. The summed E-state index contributed by atoms with van der Waals surface area (Å²) in [5, 5.41) is 9.04. The second kappa shape index (κ2) is 5.33. The maximum atomic E-state index is 11.3. The lowest BCUT2D eigenvalue weighted by atomic mass is 10.5. The van der Waals surface area contributed by atoms with Gasteiger partial charge in [0.15, 0.2) is 9.84 Å². The van der Waals surface area contributed by atoms with E-state index in [-0.39, 0.29) is 4.91 Å². The van der Waals surface area contributed by atoms with Crippen LogP contribution in [0.2, 0.25) is 0 Å². The highest BCUT2D eigenvalue weighted by Gasteiger charge is 2.06. The standard InChI is InChI=1S/C9H11NO2S/c1-3-4-6-9(2)13(11,12)8-5-7-10/h3-6,8H,1-2H3. The molecule has 0 spiro atoms. The highest BCUT2D eigenvalue weighted by molar-refractivity contribution is 7.98. The fraction of sp³-hybridized carbons (Fsp3) is 0.222. The number of sulfone groups is 1. The molecule has 0 aromatic rings. The number of rotatable bonds is 3. The maximum absolute atomic E-state index is 11.3. The minimum Gasteiger partial charge on any atom is -0.219 e. The van der Waals surface area contributed by atoms with E-state index in [1.807, 2.05) is 0 Å². The fourth-order valence-electron chi connectivity index (χ4n) is 0.554. The Bertz CT molecular complexity index is 380. The van der Waals surface area contributed by atoms with Gasteiger partial charge in [-0.25, -0.2) is 8.42 Å². The molecule has 0 aromatic heterocycles. The molecule has 0 unspecified atom stereocenters. The number of hydrogen-bond donors (Lipinski definition) is 0. The summed E-state index contributed by atoms with van der Waals surface area (Å²) in [6, 6.07) is 1.63. The zero-order valence-corrected chi connectivity index (χ0v) is 8.38. The van der Waals surface area contributed by atoms with E-state index in [4.69, 9.17) is 5.26 Å². The Morgan fingerprint density at radius 2 is 2.08 bits per heavy atom. The first kappa shape index (κ1) is 11.7. The molecule has 0 N–H and O–H groups in total. The van der Waals surface area contributed by atoms with Crippen molar-refractivity contribution in [2.24, 2.45) is 0 Å². The summed E-state index contributed by atoms with van der Waals surface area (Å²) in [7, 11) is -3.39. The van der Waals surface area contributed by atoms with Crippen molar-refractivity contribution in [3.63, 3.8) is 0 Å². The highest BCUT2D eigenvalue weighted by Crippen LogP contribution is 2.07. The first-order chi connectivity index (χ1) is 6.04. The Balaban J connectivity index is 4.88. The summed E-state index contributed by atoms with van der Waals surface area (Å²) < 4.78 is 22.5.